The zero-order valence-corrected chi connectivity index (χ0v) is 14.7. The number of nitrogens with zero attached hydrogens (tertiary/aromatic N) is 2. The first kappa shape index (κ1) is 17.9. The van der Waals surface area contributed by atoms with Crippen molar-refractivity contribution in [3.63, 3.8) is 0 Å². The molecule has 2 rings (SSSR count). The minimum atomic E-state index is -3.71. The Hall–Kier alpha value is -2.45. The maximum Gasteiger partial charge on any atom is 0.274 e. The first-order valence-electron chi connectivity index (χ1n) is 7.11. The molecule has 0 spiro atoms. The van der Waals surface area contributed by atoms with Crippen molar-refractivity contribution in [3.05, 3.63) is 47.8 Å². The van der Waals surface area contributed by atoms with Gasteiger partial charge < -0.3 is 10.1 Å². The smallest absolute Gasteiger partial charge is 0.274 e. The van der Waals surface area contributed by atoms with Gasteiger partial charge in [-0.15, -0.1) is 0 Å². The van der Waals surface area contributed by atoms with Crippen LogP contribution in [-0.2, 0) is 10.0 Å². The molecule has 1 N–H and O–H groups in total. The van der Waals surface area contributed by atoms with Crippen LogP contribution in [0.2, 0.25) is 0 Å². The second-order valence-electron chi connectivity index (χ2n) is 5.27. The van der Waals surface area contributed by atoms with Crippen molar-refractivity contribution < 1.29 is 17.9 Å². The minimum Gasteiger partial charge on any atom is -0.495 e. The van der Waals surface area contributed by atoms with Crippen LogP contribution in [0.3, 0.4) is 0 Å². The highest BCUT2D eigenvalue weighted by Gasteiger charge is 2.23. The highest BCUT2D eigenvalue weighted by Crippen LogP contribution is 2.29. The number of benzene rings is 1. The number of carbonyl (C=O) groups excluding carboxylic acids is 1. The molecular weight excluding hydrogens is 330 g/mol. The largest absolute Gasteiger partial charge is 0.495 e. The van der Waals surface area contributed by atoms with Gasteiger partial charge in [-0.3, -0.25) is 4.79 Å². The van der Waals surface area contributed by atoms with E-state index in [0.29, 0.717) is 11.4 Å². The first-order chi connectivity index (χ1) is 11.3. The Labute approximate surface area is 141 Å². The van der Waals surface area contributed by atoms with Crippen molar-refractivity contribution >= 4 is 21.6 Å². The van der Waals surface area contributed by atoms with Crippen molar-refractivity contribution in [2.24, 2.45) is 0 Å². The number of carbonyl (C=O) groups is 1. The number of amides is 1. The summed E-state index contributed by atoms with van der Waals surface area (Å²) >= 11 is 0. The van der Waals surface area contributed by atoms with E-state index in [4.69, 9.17) is 4.74 Å². The molecule has 0 fully saturated rings. The van der Waals surface area contributed by atoms with E-state index < -0.39 is 15.9 Å². The van der Waals surface area contributed by atoms with Gasteiger partial charge in [0, 0.05) is 25.5 Å². The number of aromatic nitrogens is 1. The summed E-state index contributed by atoms with van der Waals surface area (Å²) in [6, 6.07) is 9.53. The van der Waals surface area contributed by atoms with E-state index in [1.54, 1.807) is 31.2 Å². The van der Waals surface area contributed by atoms with Crippen molar-refractivity contribution in [1.82, 2.24) is 9.29 Å². The summed E-state index contributed by atoms with van der Waals surface area (Å²) in [5.41, 5.74) is 1.31. The average Bonchev–Trinajstić information content (AvgIpc) is 2.54. The Morgan fingerprint density at radius 2 is 1.92 bits per heavy atom. The van der Waals surface area contributed by atoms with Gasteiger partial charge in [0.25, 0.3) is 5.91 Å². The summed E-state index contributed by atoms with van der Waals surface area (Å²) in [5.74, 6) is -0.215. The highest BCUT2D eigenvalue weighted by atomic mass is 32.2. The highest BCUT2D eigenvalue weighted by molar-refractivity contribution is 7.89. The second kappa shape index (κ2) is 6.98. The van der Waals surface area contributed by atoms with Gasteiger partial charge in [-0.05, 0) is 37.3 Å². The number of anilines is 1. The van der Waals surface area contributed by atoms with E-state index in [1.165, 1.54) is 33.3 Å². The van der Waals surface area contributed by atoms with E-state index in [-0.39, 0.29) is 16.3 Å². The van der Waals surface area contributed by atoms with Crippen molar-refractivity contribution in [3.8, 4) is 5.75 Å². The van der Waals surface area contributed by atoms with E-state index in [0.717, 1.165) is 4.31 Å². The fourth-order valence-corrected chi connectivity index (χ4v) is 3.09. The lowest BCUT2D eigenvalue weighted by Gasteiger charge is -2.16. The molecule has 0 aliphatic heterocycles. The molecule has 128 valence electrons. The third kappa shape index (κ3) is 3.72. The Kier molecular flexibility index (Phi) is 5.20. The number of nitrogens with one attached hydrogen (secondary N) is 1. The van der Waals surface area contributed by atoms with Crippen LogP contribution in [0.4, 0.5) is 5.69 Å². The fourth-order valence-electron chi connectivity index (χ4n) is 2.02. The number of rotatable bonds is 5. The Morgan fingerprint density at radius 3 is 2.50 bits per heavy atom. The van der Waals surface area contributed by atoms with Crippen LogP contribution in [0.5, 0.6) is 5.75 Å². The van der Waals surface area contributed by atoms with Crippen LogP contribution in [-0.4, -0.2) is 44.8 Å². The molecule has 0 aliphatic rings. The van der Waals surface area contributed by atoms with Gasteiger partial charge in [0.15, 0.2) is 0 Å². The summed E-state index contributed by atoms with van der Waals surface area (Å²) < 4.78 is 31.0. The molecule has 0 radical (unpaired) electrons. The fraction of sp³-hybridized carbons (Fsp3) is 0.250. The van der Waals surface area contributed by atoms with Crippen molar-refractivity contribution in [1.29, 1.82) is 0 Å². The Morgan fingerprint density at radius 1 is 1.21 bits per heavy atom. The van der Waals surface area contributed by atoms with Gasteiger partial charge in [-0.1, -0.05) is 6.07 Å². The number of sulfonamides is 1. The predicted molar refractivity (Wildman–Crippen MR) is 90.8 cm³/mol. The van der Waals surface area contributed by atoms with Gasteiger partial charge in [0.05, 0.1) is 7.11 Å². The van der Waals surface area contributed by atoms with E-state index in [2.05, 4.69) is 10.3 Å². The summed E-state index contributed by atoms with van der Waals surface area (Å²) in [5, 5.41) is 2.65. The number of aryl methyl sites for hydroxylation is 1. The van der Waals surface area contributed by atoms with Crippen LogP contribution in [0.25, 0.3) is 0 Å². The minimum absolute atomic E-state index is 0.0231. The van der Waals surface area contributed by atoms with Crippen LogP contribution in [0.15, 0.2) is 41.3 Å². The third-order valence-electron chi connectivity index (χ3n) is 3.30. The standard InChI is InChI=1S/C16H19N3O4S/c1-11-6-5-7-13(17-11)16(20)18-12-8-9-14(23-4)15(10-12)24(21,22)19(2)3/h5-10H,1-4H3,(H,18,20). The monoisotopic (exact) mass is 349 g/mol. The molecule has 1 amide bonds. The molecule has 0 unspecified atom stereocenters. The number of pyridine rings is 1. The van der Waals surface area contributed by atoms with Crippen LogP contribution in [0.1, 0.15) is 16.2 Å². The number of ether oxygens (including phenoxy) is 1. The number of hydrogen-bond acceptors (Lipinski definition) is 5. The molecule has 1 aromatic carbocycles. The number of methoxy groups -OCH3 is 1. The molecule has 0 bridgehead atoms. The molecule has 0 saturated heterocycles. The quantitative estimate of drug-likeness (QED) is 0.891. The lowest BCUT2D eigenvalue weighted by molar-refractivity contribution is 0.102. The lowest BCUT2D eigenvalue weighted by Crippen LogP contribution is -2.23. The molecular formula is C16H19N3O4S. The molecule has 2 aromatic rings. The Bertz CT molecular complexity index is 863. The first-order valence-corrected chi connectivity index (χ1v) is 8.55. The van der Waals surface area contributed by atoms with Crippen molar-refractivity contribution in [2.75, 3.05) is 26.5 Å². The van der Waals surface area contributed by atoms with Crippen LogP contribution < -0.4 is 10.1 Å². The summed E-state index contributed by atoms with van der Waals surface area (Å²) in [4.78, 5) is 16.4. The van der Waals surface area contributed by atoms with Gasteiger partial charge in [0.2, 0.25) is 10.0 Å². The number of hydrogen-bond donors (Lipinski definition) is 1. The van der Waals surface area contributed by atoms with Gasteiger partial charge in [-0.25, -0.2) is 17.7 Å². The van der Waals surface area contributed by atoms with Crippen molar-refractivity contribution in [2.45, 2.75) is 11.8 Å². The SMILES string of the molecule is COc1ccc(NC(=O)c2cccc(C)n2)cc1S(=O)(=O)N(C)C. The molecule has 1 heterocycles. The second-order valence-corrected chi connectivity index (χ2v) is 7.39. The van der Waals surface area contributed by atoms with Crippen LogP contribution >= 0.6 is 0 Å². The van der Waals surface area contributed by atoms with E-state index in [1.807, 2.05) is 0 Å². The summed E-state index contributed by atoms with van der Waals surface area (Å²) in [6.07, 6.45) is 0. The molecule has 0 atom stereocenters. The Balaban J connectivity index is 2.37. The molecule has 8 heteroatoms. The van der Waals surface area contributed by atoms with Gasteiger partial charge in [-0.2, -0.15) is 0 Å². The average molecular weight is 349 g/mol. The molecule has 7 nitrogen and oxygen atoms in total. The lowest BCUT2D eigenvalue weighted by atomic mass is 10.2. The molecule has 0 saturated carbocycles. The zero-order chi connectivity index (χ0) is 17.9. The third-order valence-corrected chi connectivity index (χ3v) is 5.14. The molecule has 0 aliphatic carbocycles. The van der Waals surface area contributed by atoms with E-state index in [9.17, 15) is 13.2 Å². The molecule has 24 heavy (non-hydrogen) atoms. The maximum atomic E-state index is 12.4. The topological polar surface area (TPSA) is 88.6 Å². The van der Waals surface area contributed by atoms with Gasteiger partial charge in [0.1, 0.15) is 16.3 Å². The summed E-state index contributed by atoms with van der Waals surface area (Å²) in [6.45, 7) is 1.78. The zero-order valence-electron chi connectivity index (χ0n) is 13.9. The van der Waals surface area contributed by atoms with Gasteiger partial charge >= 0.3 is 0 Å². The van der Waals surface area contributed by atoms with E-state index >= 15 is 0 Å². The predicted octanol–water partition coefficient (Wildman–Crippen LogP) is 1.90. The summed E-state index contributed by atoms with van der Waals surface area (Å²) in [7, 11) is 0.534. The normalized spacial score (nSPS) is 11.4. The maximum absolute atomic E-state index is 12.4. The van der Waals surface area contributed by atoms with Crippen LogP contribution in [0, 0.1) is 6.92 Å². The molecule has 1 aromatic heterocycles.